The molecule has 0 saturated heterocycles. The van der Waals surface area contributed by atoms with Gasteiger partial charge in [0.05, 0.1) is 0 Å². The van der Waals surface area contributed by atoms with E-state index in [9.17, 15) is 10.2 Å². The first kappa shape index (κ1) is 9.58. The number of halogens is 1. The minimum absolute atomic E-state index is 0.216. The molecule has 0 aromatic heterocycles. The number of phenolic OH excluding ortho intramolecular Hbond substituents is 2. The van der Waals surface area contributed by atoms with Crippen LogP contribution in [0.1, 0.15) is 5.56 Å². The molecular weight excluding hydrogens is 291 g/mol. The quantitative estimate of drug-likeness (QED) is 0.734. The Labute approximate surface area is 95.3 Å². The maximum Gasteiger partial charge on any atom is 0.123 e. The Morgan fingerprint density at radius 2 is 1.64 bits per heavy atom. The molecule has 14 heavy (non-hydrogen) atoms. The highest BCUT2D eigenvalue weighted by atomic mass is 127. The van der Waals surface area contributed by atoms with E-state index in [0.29, 0.717) is 0 Å². The molecular formula is C11H9IO2. The predicted octanol–water partition coefficient (Wildman–Crippen LogP) is 3.16. The normalized spacial score (nSPS) is 10.7. The summed E-state index contributed by atoms with van der Waals surface area (Å²) in [6.45, 7) is 1.80. The molecule has 2 aromatic rings. The fraction of sp³-hybridized carbons (Fsp3) is 0.0909. The topological polar surface area (TPSA) is 40.5 Å². The summed E-state index contributed by atoms with van der Waals surface area (Å²) in [6, 6.07) is 6.98. The zero-order valence-electron chi connectivity index (χ0n) is 7.58. The van der Waals surface area contributed by atoms with Gasteiger partial charge in [0.2, 0.25) is 0 Å². The van der Waals surface area contributed by atoms with Gasteiger partial charge in [-0.15, -0.1) is 0 Å². The van der Waals surface area contributed by atoms with Crippen LogP contribution in [0.3, 0.4) is 0 Å². The summed E-state index contributed by atoms with van der Waals surface area (Å²) in [6.07, 6.45) is 0. The van der Waals surface area contributed by atoms with Crippen LogP contribution in [0.4, 0.5) is 0 Å². The van der Waals surface area contributed by atoms with Gasteiger partial charge in [-0.2, -0.15) is 0 Å². The molecule has 0 amide bonds. The van der Waals surface area contributed by atoms with Crippen LogP contribution in [0.5, 0.6) is 11.5 Å². The van der Waals surface area contributed by atoms with Gasteiger partial charge in [0.25, 0.3) is 0 Å². The summed E-state index contributed by atoms with van der Waals surface area (Å²) in [7, 11) is 0. The molecule has 0 radical (unpaired) electrons. The Hall–Kier alpha value is -0.970. The minimum Gasteiger partial charge on any atom is -0.508 e. The van der Waals surface area contributed by atoms with Crippen molar-refractivity contribution in [1.29, 1.82) is 0 Å². The van der Waals surface area contributed by atoms with Gasteiger partial charge in [0.1, 0.15) is 11.5 Å². The molecule has 0 unspecified atom stereocenters. The summed E-state index contributed by atoms with van der Waals surface area (Å²) < 4.78 is 1.07. The van der Waals surface area contributed by atoms with E-state index in [4.69, 9.17) is 0 Å². The Kier molecular flexibility index (Phi) is 2.26. The summed E-state index contributed by atoms with van der Waals surface area (Å²) in [5.41, 5.74) is 0.721. The number of aryl methyl sites for hydroxylation is 1. The highest BCUT2D eigenvalue weighted by Gasteiger charge is 2.08. The molecule has 0 spiro atoms. The summed E-state index contributed by atoms with van der Waals surface area (Å²) >= 11 is 2.21. The lowest BCUT2D eigenvalue weighted by Gasteiger charge is -2.07. The van der Waals surface area contributed by atoms with Crippen molar-refractivity contribution in [2.75, 3.05) is 0 Å². The molecule has 0 fully saturated rings. The number of benzene rings is 2. The number of hydrogen-bond acceptors (Lipinski definition) is 2. The predicted molar refractivity (Wildman–Crippen MR) is 64.7 cm³/mol. The molecule has 0 aliphatic rings. The van der Waals surface area contributed by atoms with Gasteiger partial charge in [0, 0.05) is 14.5 Å². The third-order valence-electron chi connectivity index (χ3n) is 2.34. The second-order valence-electron chi connectivity index (χ2n) is 3.20. The van der Waals surface area contributed by atoms with Crippen LogP contribution in [-0.2, 0) is 0 Å². The maximum atomic E-state index is 9.69. The average molecular weight is 300 g/mol. The van der Waals surface area contributed by atoms with Crippen molar-refractivity contribution in [3.05, 3.63) is 33.4 Å². The van der Waals surface area contributed by atoms with Crippen molar-refractivity contribution >= 4 is 33.4 Å². The van der Waals surface area contributed by atoms with E-state index >= 15 is 0 Å². The second-order valence-corrected chi connectivity index (χ2v) is 4.36. The number of phenols is 2. The lowest BCUT2D eigenvalue weighted by atomic mass is 10.0. The van der Waals surface area contributed by atoms with Gasteiger partial charge in [-0.05, 0) is 59.2 Å². The highest BCUT2D eigenvalue weighted by Crippen LogP contribution is 2.35. The monoisotopic (exact) mass is 300 g/mol. The summed E-state index contributed by atoms with van der Waals surface area (Å²) in [4.78, 5) is 0. The highest BCUT2D eigenvalue weighted by molar-refractivity contribution is 14.1. The number of fused-ring (bicyclic) bond motifs is 1. The first-order valence-electron chi connectivity index (χ1n) is 4.21. The van der Waals surface area contributed by atoms with E-state index in [0.717, 1.165) is 19.9 Å². The standard InChI is InChI=1S/C11H9IO2/c1-6-9(13)4-2-7-8(12)3-5-10(14)11(6)7/h2-5,13-14H,1H3. The Balaban J connectivity index is 3.01. The third-order valence-corrected chi connectivity index (χ3v) is 3.28. The van der Waals surface area contributed by atoms with Crippen molar-refractivity contribution in [1.82, 2.24) is 0 Å². The zero-order valence-corrected chi connectivity index (χ0v) is 9.74. The van der Waals surface area contributed by atoms with E-state index in [1.54, 1.807) is 19.1 Å². The van der Waals surface area contributed by atoms with Crippen LogP contribution in [0, 0.1) is 10.5 Å². The zero-order chi connectivity index (χ0) is 10.3. The molecule has 0 aliphatic carbocycles. The largest absolute Gasteiger partial charge is 0.508 e. The molecule has 0 aliphatic heterocycles. The first-order valence-corrected chi connectivity index (χ1v) is 5.29. The van der Waals surface area contributed by atoms with E-state index < -0.39 is 0 Å². The van der Waals surface area contributed by atoms with Gasteiger partial charge in [-0.25, -0.2) is 0 Å². The number of aromatic hydroxyl groups is 2. The van der Waals surface area contributed by atoms with Gasteiger partial charge in [0.15, 0.2) is 0 Å². The molecule has 3 heteroatoms. The Bertz CT molecular complexity index is 506. The molecule has 2 aromatic carbocycles. The van der Waals surface area contributed by atoms with E-state index in [-0.39, 0.29) is 11.5 Å². The van der Waals surface area contributed by atoms with Crippen LogP contribution in [0.15, 0.2) is 24.3 Å². The molecule has 2 N–H and O–H groups in total. The molecule has 2 nitrogen and oxygen atoms in total. The fourth-order valence-corrected chi connectivity index (χ4v) is 2.18. The van der Waals surface area contributed by atoms with Gasteiger partial charge >= 0.3 is 0 Å². The summed E-state index contributed by atoms with van der Waals surface area (Å²) in [5, 5.41) is 20.9. The molecule has 0 saturated carbocycles. The second kappa shape index (κ2) is 3.31. The Morgan fingerprint density at radius 1 is 1.00 bits per heavy atom. The lowest BCUT2D eigenvalue weighted by Crippen LogP contribution is -1.83. The molecule has 2 rings (SSSR count). The molecule has 72 valence electrons. The van der Waals surface area contributed by atoms with Gasteiger partial charge < -0.3 is 10.2 Å². The first-order chi connectivity index (χ1) is 6.61. The van der Waals surface area contributed by atoms with Crippen LogP contribution < -0.4 is 0 Å². The third kappa shape index (κ3) is 1.32. The van der Waals surface area contributed by atoms with Crippen molar-refractivity contribution in [3.63, 3.8) is 0 Å². The number of hydrogen-bond donors (Lipinski definition) is 2. The molecule has 0 atom stereocenters. The molecule has 0 heterocycles. The Morgan fingerprint density at radius 3 is 2.36 bits per heavy atom. The summed E-state index contributed by atoms with van der Waals surface area (Å²) in [5.74, 6) is 0.434. The smallest absolute Gasteiger partial charge is 0.123 e. The van der Waals surface area contributed by atoms with Crippen molar-refractivity contribution in [2.24, 2.45) is 0 Å². The SMILES string of the molecule is Cc1c(O)ccc2c(I)ccc(O)c12. The van der Waals surface area contributed by atoms with Crippen LogP contribution >= 0.6 is 22.6 Å². The number of rotatable bonds is 0. The van der Waals surface area contributed by atoms with E-state index in [1.165, 1.54) is 0 Å². The van der Waals surface area contributed by atoms with Crippen molar-refractivity contribution in [2.45, 2.75) is 6.92 Å². The van der Waals surface area contributed by atoms with Crippen LogP contribution in [0.2, 0.25) is 0 Å². The minimum atomic E-state index is 0.216. The van der Waals surface area contributed by atoms with Crippen molar-refractivity contribution in [3.8, 4) is 11.5 Å². The van der Waals surface area contributed by atoms with Crippen LogP contribution in [-0.4, -0.2) is 10.2 Å². The fourth-order valence-electron chi connectivity index (χ4n) is 1.55. The van der Waals surface area contributed by atoms with E-state index in [1.807, 2.05) is 12.1 Å². The maximum absolute atomic E-state index is 9.69. The van der Waals surface area contributed by atoms with Gasteiger partial charge in [-0.1, -0.05) is 0 Å². The van der Waals surface area contributed by atoms with E-state index in [2.05, 4.69) is 22.6 Å². The van der Waals surface area contributed by atoms with Crippen LogP contribution in [0.25, 0.3) is 10.8 Å². The molecule has 0 bridgehead atoms. The van der Waals surface area contributed by atoms with Crippen molar-refractivity contribution < 1.29 is 10.2 Å². The van der Waals surface area contributed by atoms with Gasteiger partial charge in [-0.3, -0.25) is 0 Å². The average Bonchev–Trinajstić information content (AvgIpc) is 2.16. The lowest BCUT2D eigenvalue weighted by molar-refractivity contribution is 0.468.